The number of aromatic nitrogens is 1. The number of ether oxygens (including phenoxy) is 1. The van der Waals surface area contributed by atoms with E-state index in [0.29, 0.717) is 0 Å². The number of methoxy groups -OCH3 is 1. The summed E-state index contributed by atoms with van der Waals surface area (Å²) in [6, 6.07) is 14.4. The van der Waals surface area contributed by atoms with Crippen molar-refractivity contribution in [3.8, 4) is 5.75 Å². The van der Waals surface area contributed by atoms with Crippen molar-refractivity contribution >= 4 is 33.7 Å². The summed E-state index contributed by atoms with van der Waals surface area (Å²) >= 11 is 1.71. The molecule has 0 saturated carbocycles. The first-order valence-corrected chi connectivity index (χ1v) is 7.25. The largest absolute Gasteiger partial charge is 0.497 e. The highest BCUT2D eigenvalue weighted by atomic mass is 32.1. The zero-order valence-corrected chi connectivity index (χ0v) is 12.3. The lowest BCUT2D eigenvalue weighted by atomic mass is 10.2. The van der Waals surface area contributed by atoms with E-state index in [4.69, 9.17) is 4.74 Å². The standard InChI is InChI=1S/C17H15NOS/c1-12-3-9-16-15(11-12)18-17(20-16)10-6-13-4-7-14(19-2)8-5-13/h3-11H,1-2H3/b10-6+. The van der Waals surface area contributed by atoms with Gasteiger partial charge in [0, 0.05) is 0 Å². The van der Waals surface area contributed by atoms with Crippen LogP contribution in [0.25, 0.3) is 22.4 Å². The van der Waals surface area contributed by atoms with Crippen LogP contribution in [0.15, 0.2) is 42.5 Å². The first-order valence-electron chi connectivity index (χ1n) is 6.44. The van der Waals surface area contributed by atoms with Crippen molar-refractivity contribution in [2.45, 2.75) is 6.92 Å². The highest BCUT2D eigenvalue weighted by Gasteiger charge is 2.01. The average molecular weight is 281 g/mol. The SMILES string of the molecule is COc1ccc(/C=C/c2nc3cc(C)ccc3s2)cc1. The Hall–Kier alpha value is -2.13. The fourth-order valence-corrected chi connectivity index (χ4v) is 2.86. The third kappa shape index (κ3) is 2.73. The van der Waals surface area contributed by atoms with Crippen LogP contribution < -0.4 is 4.74 Å². The van der Waals surface area contributed by atoms with Crippen LogP contribution in [0.3, 0.4) is 0 Å². The van der Waals surface area contributed by atoms with E-state index in [2.05, 4.69) is 42.3 Å². The van der Waals surface area contributed by atoms with E-state index in [0.717, 1.165) is 21.8 Å². The van der Waals surface area contributed by atoms with E-state index in [9.17, 15) is 0 Å². The monoisotopic (exact) mass is 281 g/mol. The van der Waals surface area contributed by atoms with Crippen molar-refractivity contribution in [1.82, 2.24) is 4.98 Å². The average Bonchev–Trinajstić information content (AvgIpc) is 2.87. The lowest BCUT2D eigenvalue weighted by molar-refractivity contribution is 0.415. The van der Waals surface area contributed by atoms with Gasteiger partial charge in [-0.05, 0) is 48.4 Å². The Morgan fingerprint density at radius 2 is 1.85 bits per heavy atom. The molecule has 0 fully saturated rings. The van der Waals surface area contributed by atoms with Gasteiger partial charge < -0.3 is 4.74 Å². The normalized spacial score (nSPS) is 11.3. The lowest BCUT2D eigenvalue weighted by Gasteiger charge is -1.98. The van der Waals surface area contributed by atoms with Gasteiger partial charge in [0.1, 0.15) is 10.8 Å². The van der Waals surface area contributed by atoms with Crippen molar-refractivity contribution in [3.05, 3.63) is 58.6 Å². The van der Waals surface area contributed by atoms with Crippen LogP contribution in [0.5, 0.6) is 5.75 Å². The molecule has 0 N–H and O–H groups in total. The van der Waals surface area contributed by atoms with E-state index in [1.165, 1.54) is 10.3 Å². The van der Waals surface area contributed by atoms with Gasteiger partial charge in [-0.1, -0.05) is 24.3 Å². The molecule has 0 unspecified atom stereocenters. The summed E-state index contributed by atoms with van der Waals surface area (Å²) in [7, 11) is 1.67. The Labute approximate surface area is 122 Å². The van der Waals surface area contributed by atoms with Gasteiger partial charge in [0.2, 0.25) is 0 Å². The summed E-state index contributed by atoms with van der Waals surface area (Å²) in [6.45, 7) is 2.09. The van der Waals surface area contributed by atoms with Gasteiger partial charge in [-0.25, -0.2) is 4.98 Å². The molecule has 20 heavy (non-hydrogen) atoms. The van der Waals surface area contributed by atoms with Gasteiger partial charge in [0.15, 0.2) is 0 Å². The molecule has 0 saturated heterocycles. The number of hydrogen-bond donors (Lipinski definition) is 0. The minimum Gasteiger partial charge on any atom is -0.497 e. The van der Waals surface area contributed by atoms with Crippen molar-refractivity contribution in [2.75, 3.05) is 7.11 Å². The van der Waals surface area contributed by atoms with E-state index < -0.39 is 0 Å². The summed E-state index contributed by atoms with van der Waals surface area (Å²) in [5.41, 5.74) is 3.46. The first kappa shape index (κ1) is 12.9. The molecule has 3 rings (SSSR count). The predicted molar refractivity (Wildman–Crippen MR) is 86.3 cm³/mol. The fraction of sp³-hybridized carbons (Fsp3) is 0.118. The number of rotatable bonds is 3. The zero-order chi connectivity index (χ0) is 13.9. The van der Waals surface area contributed by atoms with Crippen LogP contribution in [0.4, 0.5) is 0 Å². The maximum Gasteiger partial charge on any atom is 0.118 e. The number of nitrogens with zero attached hydrogens (tertiary/aromatic N) is 1. The van der Waals surface area contributed by atoms with Gasteiger partial charge in [-0.15, -0.1) is 11.3 Å². The topological polar surface area (TPSA) is 22.1 Å². The maximum atomic E-state index is 5.15. The molecule has 2 aromatic carbocycles. The predicted octanol–water partition coefficient (Wildman–Crippen LogP) is 4.78. The Bertz CT molecular complexity index is 756. The van der Waals surface area contributed by atoms with Gasteiger partial charge in [-0.3, -0.25) is 0 Å². The van der Waals surface area contributed by atoms with Crippen molar-refractivity contribution < 1.29 is 4.74 Å². The molecule has 0 bridgehead atoms. The molecular weight excluding hydrogens is 266 g/mol. The van der Waals surface area contributed by atoms with Crippen LogP contribution in [-0.4, -0.2) is 12.1 Å². The molecular formula is C17H15NOS. The fourth-order valence-electron chi connectivity index (χ4n) is 2.01. The van der Waals surface area contributed by atoms with Gasteiger partial charge in [0.25, 0.3) is 0 Å². The Kier molecular flexibility index (Phi) is 3.52. The molecule has 0 aliphatic heterocycles. The van der Waals surface area contributed by atoms with Crippen LogP contribution >= 0.6 is 11.3 Å². The van der Waals surface area contributed by atoms with Crippen molar-refractivity contribution in [3.63, 3.8) is 0 Å². The highest BCUT2D eigenvalue weighted by molar-refractivity contribution is 7.19. The van der Waals surface area contributed by atoms with E-state index in [-0.39, 0.29) is 0 Å². The molecule has 0 amide bonds. The molecule has 3 aromatic rings. The summed E-state index contributed by atoms with van der Waals surface area (Å²) in [5.74, 6) is 0.873. The summed E-state index contributed by atoms with van der Waals surface area (Å²) in [5, 5.41) is 1.03. The summed E-state index contributed by atoms with van der Waals surface area (Å²) in [4.78, 5) is 4.63. The van der Waals surface area contributed by atoms with Crippen LogP contribution in [0.2, 0.25) is 0 Å². The smallest absolute Gasteiger partial charge is 0.118 e. The minimum absolute atomic E-state index is 0.873. The molecule has 1 heterocycles. The van der Waals surface area contributed by atoms with Crippen molar-refractivity contribution in [1.29, 1.82) is 0 Å². The quantitative estimate of drug-likeness (QED) is 0.689. The van der Waals surface area contributed by atoms with Gasteiger partial charge >= 0.3 is 0 Å². The third-order valence-corrected chi connectivity index (χ3v) is 4.10. The number of fused-ring (bicyclic) bond motifs is 1. The van der Waals surface area contributed by atoms with Crippen molar-refractivity contribution in [2.24, 2.45) is 0 Å². The summed E-state index contributed by atoms with van der Waals surface area (Å²) < 4.78 is 6.38. The third-order valence-electron chi connectivity index (χ3n) is 3.09. The summed E-state index contributed by atoms with van der Waals surface area (Å²) in [6.07, 6.45) is 4.13. The van der Waals surface area contributed by atoms with Crippen LogP contribution in [0, 0.1) is 6.92 Å². The number of thiazole rings is 1. The number of hydrogen-bond acceptors (Lipinski definition) is 3. The van der Waals surface area contributed by atoms with E-state index >= 15 is 0 Å². The molecule has 2 nitrogen and oxygen atoms in total. The second-order valence-electron chi connectivity index (χ2n) is 4.63. The second kappa shape index (κ2) is 5.47. The molecule has 0 radical (unpaired) electrons. The van der Waals surface area contributed by atoms with Crippen LogP contribution in [-0.2, 0) is 0 Å². The second-order valence-corrected chi connectivity index (χ2v) is 5.69. The molecule has 0 aliphatic carbocycles. The minimum atomic E-state index is 0.873. The van der Waals surface area contributed by atoms with Gasteiger partial charge in [-0.2, -0.15) is 0 Å². The Morgan fingerprint density at radius 1 is 1.05 bits per heavy atom. The molecule has 1 aromatic heterocycles. The first-order chi connectivity index (χ1) is 9.74. The molecule has 0 aliphatic rings. The molecule has 0 spiro atoms. The maximum absolute atomic E-state index is 5.15. The zero-order valence-electron chi connectivity index (χ0n) is 11.5. The molecule has 0 atom stereocenters. The van der Waals surface area contributed by atoms with Crippen LogP contribution in [0.1, 0.15) is 16.1 Å². The molecule has 3 heteroatoms. The van der Waals surface area contributed by atoms with Gasteiger partial charge in [0.05, 0.1) is 17.3 Å². The lowest BCUT2D eigenvalue weighted by Crippen LogP contribution is -1.81. The van der Waals surface area contributed by atoms with E-state index in [1.54, 1.807) is 18.4 Å². The number of benzene rings is 2. The molecule has 100 valence electrons. The Morgan fingerprint density at radius 3 is 2.60 bits per heavy atom. The van der Waals surface area contributed by atoms with E-state index in [1.807, 2.05) is 24.3 Å². The Balaban J connectivity index is 1.85. The highest BCUT2D eigenvalue weighted by Crippen LogP contribution is 2.24. The number of aryl methyl sites for hydroxylation is 1.